The number of methoxy groups -OCH3 is 2. The lowest BCUT2D eigenvalue weighted by atomic mass is 10.1. The fourth-order valence-corrected chi connectivity index (χ4v) is 6.05. The van der Waals surface area contributed by atoms with Gasteiger partial charge in [0.15, 0.2) is 11.5 Å². The summed E-state index contributed by atoms with van der Waals surface area (Å²) in [6.07, 6.45) is 1.05. The van der Waals surface area contributed by atoms with Crippen LogP contribution in [0.2, 0.25) is 5.02 Å². The Morgan fingerprint density at radius 1 is 0.907 bits per heavy atom. The molecular formula is C32H40ClN3O6S. The number of aryl methyl sites for hydroxylation is 1. The van der Waals surface area contributed by atoms with E-state index in [0.717, 1.165) is 21.9 Å². The van der Waals surface area contributed by atoms with Gasteiger partial charge in [0.2, 0.25) is 11.8 Å². The van der Waals surface area contributed by atoms with Crippen LogP contribution in [0.25, 0.3) is 0 Å². The number of hydrogen-bond acceptors (Lipinski definition) is 6. The number of amides is 2. The zero-order valence-corrected chi connectivity index (χ0v) is 27.0. The Bertz CT molecular complexity index is 1500. The zero-order valence-electron chi connectivity index (χ0n) is 25.5. The molecule has 11 heteroatoms. The van der Waals surface area contributed by atoms with E-state index in [9.17, 15) is 18.0 Å². The number of nitrogens with one attached hydrogen (secondary N) is 1. The van der Waals surface area contributed by atoms with Crippen molar-refractivity contribution in [1.82, 2.24) is 10.2 Å². The summed E-state index contributed by atoms with van der Waals surface area (Å²) in [5.74, 6) is -0.239. The highest BCUT2D eigenvalue weighted by Crippen LogP contribution is 2.32. The van der Waals surface area contributed by atoms with Crippen molar-refractivity contribution in [2.24, 2.45) is 0 Å². The highest BCUT2D eigenvalue weighted by Gasteiger charge is 2.34. The lowest BCUT2D eigenvalue weighted by Gasteiger charge is -2.33. The Balaban J connectivity index is 2.09. The number of carbonyl (C=O) groups excluding carboxylic acids is 2. The van der Waals surface area contributed by atoms with Gasteiger partial charge < -0.3 is 19.7 Å². The molecule has 0 aromatic heterocycles. The van der Waals surface area contributed by atoms with Crippen LogP contribution in [0.4, 0.5) is 5.69 Å². The van der Waals surface area contributed by atoms with E-state index in [2.05, 4.69) is 5.32 Å². The third-order valence-corrected chi connectivity index (χ3v) is 9.22. The lowest BCUT2D eigenvalue weighted by molar-refractivity contribution is -0.140. The van der Waals surface area contributed by atoms with Gasteiger partial charge >= 0.3 is 0 Å². The molecule has 0 saturated heterocycles. The molecule has 0 fully saturated rings. The van der Waals surface area contributed by atoms with Crippen molar-refractivity contribution >= 4 is 39.1 Å². The van der Waals surface area contributed by atoms with Crippen LogP contribution in [0.1, 0.15) is 44.7 Å². The predicted octanol–water partition coefficient (Wildman–Crippen LogP) is 5.58. The zero-order chi connectivity index (χ0) is 31.7. The summed E-state index contributed by atoms with van der Waals surface area (Å²) in [5.41, 5.74) is 1.98. The molecule has 0 heterocycles. The van der Waals surface area contributed by atoms with E-state index in [4.69, 9.17) is 21.1 Å². The molecule has 0 aliphatic rings. The number of ether oxygens (including phenoxy) is 2. The first kappa shape index (κ1) is 33.7. The van der Waals surface area contributed by atoms with Crippen LogP contribution in [-0.2, 0) is 26.2 Å². The largest absolute Gasteiger partial charge is 0.493 e. The van der Waals surface area contributed by atoms with Crippen molar-refractivity contribution in [3.8, 4) is 11.5 Å². The molecule has 2 amide bonds. The predicted molar refractivity (Wildman–Crippen MR) is 169 cm³/mol. The van der Waals surface area contributed by atoms with Gasteiger partial charge in [-0.25, -0.2) is 8.42 Å². The van der Waals surface area contributed by atoms with Crippen molar-refractivity contribution in [3.63, 3.8) is 0 Å². The molecule has 9 nitrogen and oxygen atoms in total. The van der Waals surface area contributed by atoms with Gasteiger partial charge in [0, 0.05) is 23.7 Å². The monoisotopic (exact) mass is 629 g/mol. The molecule has 43 heavy (non-hydrogen) atoms. The average molecular weight is 630 g/mol. The Morgan fingerprint density at radius 2 is 1.53 bits per heavy atom. The molecule has 0 spiro atoms. The van der Waals surface area contributed by atoms with E-state index >= 15 is 0 Å². The molecule has 0 saturated carbocycles. The van der Waals surface area contributed by atoms with Crippen LogP contribution < -0.4 is 19.1 Å². The van der Waals surface area contributed by atoms with Crippen LogP contribution in [0.5, 0.6) is 11.5 Å². The molecule has 1 N–H and O–H groups in total. The van der Waals surface area contributed by atoms with E-state index < -0.39 is 28.5 Å². The van der Waals surface area contributed by atoms with Crippen LogP contribution >= 0.6 is 11.6 Å². The first-order valence-corrected chi connectivity index (χ1v) is 15.9. The van der Waals surface area contributed by atoms with Crippen LogP contribution in [0, 0.1) is 6.92 Å². The summed E-state index contributed by atoms with van der Waals surface area (Å²) in [7, 11) is -1.40. The minimum atomic E-state index is -4.27. The number of halogens is 1. The van der Waals surface area contributed by atoms with Gasteiger partial charge in [-0.1, -0.05) is 55.3 Å². The molecule has 0 radical (unpaired) electrons. The maximum Gasteiger partial charge on any atom is 0.264 e. The molecule has 232 valence electrons. The van der Waals surface area contributed by atoms with Crippen molar-refractivity contribution in [2.45, 2.75) is 64.1 Å². The number of hydrogen-bond donors (Lipinski definition) is 1. The van der Waals surface area contributed by atoms with E-state index in [-0.39, 0.29) is 29.1 Å². The maximum absolute atomic E-state index is 14.2. The Morgan fingerprint density at radius 3 is 2.09 bits per heavy atom. The molecule has 2 atom stereocenters. The quantitative estimate of drug-likeness (QED) is 0.250. The second-order valence-electron chi connectivity index (χ2n) is 10.3. The highest BCUT2D eigenvalue weighted by molar-refractivity contribution is 7.92. The molecule has 0 bridgehead atoms. The SMILES string of the molecule is CC[C@@H](C)NC(=O)[C@@H](CC)N(Cc1ccc(Cl)cc1)C(=O)CN(c1ccc(C)cc1)S(=O)(=O)c1ccc(OC)c(OC)c1. The van der Waals surface area contributed by atoms with Crippen molar-refractivity contribution < 1.29 is 27.5 Å². The standard InChI is InChI=1S/C32H40ClN3O6S/c1-7-23(4)34-32(38)28(8-2)35(20-24-11-13-25(33)14-12-24)31(37)21-36(26-15-9-22(3)10-16-26)43(39,40)27-17-18-29(41-5)30(19-27)42-6/h9-19,23,28H,7-8,20-21H2,1-6H3,(H,34,38)/t23-,28-/m1/s1. The highest BCUT2D eigenvalue weighted by atomic mass is 35.5. The number of rotatable bonds is 14. The summed E-state index contributed by atoms with van der Waals surface area (Å²) in [4.78, 5) is 28.9. The lowest BCUT2D eigenvalue weighted by Crippen LogP contribution is -2.53. The fraction of sp³-hybridized carbons (Fsp3) is 0.375. The Labute approximate surface area is 259 Å². The van der Waals surface area contributed by atoms with E-state index in [1.54, 1.807) is 48.5 Å². The van der Waals surface area contributed by atoms with Crippen LogP contribution in [0.3, 0.4) is 0 Å². The van der Waals surface area contributed by atoms with Gasteiger partial charge in [0.05, 0.1) is 24.8 Å². The minimum Gasteiger partial charge on any atom is -0.493 e. The van der Waals surface area contributed by atoms with E-state index in [1.807, 2.05) is 27.7 Å². The summed E-state index contributed by atoms with van der Waals surface area (Å²) >= 11 is 6.09. The van der Waals surface area contributed by atoms with Crippen molar-refractivity contribution in [1.29, 1.82) is 0 Å². The summed E-state index contributed by atoms with van der Waals surface area (Å²) < 4.78 is 40.0. The van der Waals surface area contributed by atoms with Gasteiger partial charge in [0.25, 0.3) is 10.0 Å². The average Bonchev–Trinajstić information content (AvgIpc) is 3.00. The number of anilines is 1. The summed E-state index contributed by atoms with van der Waals surface area (Å²) in [6.45, 7) is 7.10. The normalized spacial score (nSPS) is 12.6. The molecule has 0 unspecified atom stereocenters. The molecule has 0 aliphatic heterocycles. The second-order valence-corrected chi connectivity index (χ2v) is 12.6. The van der Waals surface area contributed by atoms with Gasteiger partial charge in [-0.05, 0) is 68.7 Å². The first-order valence-electron chi connectivity index (χ1n) is 14.1. The molecule has 3 aromatic rings. The Kier molecular flexibility index (Phi) is 11.9. The van der Waals surface area contributed by atoms with Gasteiger partial charge in [-0.3, -0.25) is 13.9 Å². The number of sulfonamides is 1. The number of carbonyl (C=O) groups is 2. The van der Waals surface area contributed by atoms with Crippen LogP contribution in [-0.4, -0.2) is 58.0 Å². The summed E-state index contributed by atoms with van der Waals surface area (Å²) in [5, 5.41) is 3.51. The number of benzene rings is 3. The number of nitrogens with zero attached hydrogens (tertiary/aromatic N) is 2. The van der Waals surface area contributed by atoms with Crippen molar-refractivity contribution in [2.75, 3.05) is 25.1 Å². The smallest absolute Gasteiger partial charge is 0.264 e. The third kappa shape index (κ3) is 8.42. The van der Waals surface area contributed by atoms with Crippen molar-refractivity contribution in [3.05, 3.63) is 82.9 Å². The Hall–Kier alpha value is -3.76. The molecule has 3 rings (SSSR count). The van der Waals surface area contributed by atoms with Gasteiger partial charge in [0.1, 0.15) is 12.6 Å². The molecule has 3 aromatic carbocycles. The van der Waals surface area contributed by atoms with Crippen LogP contribution in [0.15, 0.2) is 71.6 Å². The summed E-state index contributed by atoms with van der Waals surface area (Å²) in [6, 6.07) is 17.2. The topological polar surface area (TPSA) is 105 Å². The molecule has 0 aliphatic carbocycles. The van der Waals surface area contributed by atoms with E-state index in [0.29, 0.717) is 22.9 Å². The fourth-order valence-electron chi connectivity index (χ4n) is 4.49. The van der Waals surface area contributed by atoms with E-state index in [1.165, 1.54) is 37.3 Å². The molecular weight excluding hydrogens is 590 g/mol. The van der Waals surface area contributed by atoms with Gasteiger partial charge in [-0.15, -0.1) is 0 Å². The first-order chi connectivity index (χ1) is 20.4. The maximum atomic E-state index is 14.2. The second kappa shape index (κ2) is 15.1. The third-order valence-electron chi connectivity index (χ3n) is 7.20. The minimum absolute atomic E-state index is 0.0793. The van der Waals surface area contributed by atoms with Gasteiger partial charge in [-0.2, -0.15) is 0 Å².